The van der Waals surface area contributed by atoms with Crippen LogP contribution in [-0.4, -0.2) is 4.98 Å². The molecule has 0 radical (unpaired) electrons. The van der Waals surface area contributed by atoms with Crippen LogP contribution in [0.4, 0.5) is 10.2 Å². The van der Waals surface area contributed by atoms with Crippen LogP contribution in [0.25, 0.3) is 11.1 Å². The Morgan fingerprint density at radius 3 is 2.75 bits per heavy atom. The summed E-state index contributed by atoms with van der Waals surface area (Å²) in [5, 5.41) is 0.317. The molecule has 2 rings (SSSR count). The van der Waals surface area contributed by atoms with Crippen LogP contribution in [0.1, 0.15) is 0 Å². The zero-order chi connectivity index (χ0) is 11.7. The van der Waals surface area contributed by atoms with Crippen molar-refractivity contribution in [1.29, 1.82) is 0 Å². The second-order valence-electron chi connectivity index (χ2n) is 3.22. The van der Waals surface area contributed by atoms with Crippen LogP contribution in [-0.2, 0) is 0 Å². The molecule has 1 aromatic carbocycles. The van der Waals surface area contributed by atoms with Crippen LogP contribution >= 0.6 is 27.5 Å². The summed E-state index contributed by atoms with van der Waals surface area (Å²) in [6.07, 6.45) is 1.49. The molecular weight excluding hydrogens is 294 g/mol. The lowest BCUT2D eigenvalue weighted by Crippen LogP contribution is -1.92. The summed E-state index contributed by atoms with van der Waals surface area (Å²) in [4.78, 5) is 3.89. The fraction of sp³-hybridized carbons (Fsp3) is 0. The van der Waals surface area contributed by atoms with Gasteiger partial charge in [-0.25, -0.2) is 9.37 Å². The van der Waals surface area contributed by atoms with Crippen LogP contribution in [0.3, 0.4) is 0 Å². The standard InChI is InChI=1S/C11H7BrClFN2/c12-7-1-2-10(14)8(4-7)6-3-9(13)11(15)16-5-6/h1-5H,(H2,15,16). The third-order valence-corrected chi connectivity index (χ3v) is 2.91. The Bertz CT molecular complexity index is 546. The van der Waals surface area contributed by atoms with Crippen LogP contribution in [0.15, 0.2) is 34.9 Å². The number of hydrogen-bond donors (Lipinski definition) is 1. The van der Waals surface area contributed by atoms with Gasteiger partial charge in [0.15, 0.2) is 0 Å². The molecule has 5 heteroatoms. The highest BCUT2D eigenvalue weighted by molar-refractivity contribution is 9.10. The number of nitrogen functional groups attached to an aromatic ring is 1. The number of nitrogens with two attached hydrogens (primary N) is 1. The van der Waals surface area contributed by atoms with Gasteiger partial charge >= 0.3 is 0 Å². The number of aromatic nitrogens is 1. The summed E-state index contributed by atoms with van der Waals surface area (Å²) in [5.41, 5.74) is 6.52. The highest BCUT2D eigenvalue weighted by Crippen LogP contribution is 2.29. The predicted octanol–water partition coefficient (Wildman–Crippen LogP) is 3.89. The Labute approximate surface area is 105 Å². The zero-order valence-electron chi connectivity index (χ0n) is 8.05. The predicted molar refractivity (Wildman–Crippen MR) is 66.8 cm³/mol. The highest BCUT2D eigenvalue weighted by Gasteiger charge is 2.08. The number of rotatable bonds is 1. The Morgan fingerprint density at radius 2 is 2.06 bits per heavy atom. The van der Waals surface area contributed by atoms with Crippen LogP contribution in [0.5, 0.6) is 0 Å². The van der Waals surface area contributed by atoms with Crippen molar-refractivity contribution in [3.63, 3.8) is 0 Å². The molecule has 0 unspecified atom stereocenters. The Balaban J connectivity index is 2.58. The maximum absolute atomic E-state index is 13.6. The monoisotopic (exact) mass is 300 g/mol. The first-order chi connectivity index (χ1) is 7.58. The molecule has 0 fully saturated rings. The number of anilines is 1. The van der Waals surface area contributed by atoms with Gasteiger partial charge in [-0.05, 0) is 24.3 Å². The van der Waals surface area contributed by atoms with E-state index in [0.29, 0.717) is 16.1 Å². The summed E-state index contributed by atoms with van der Waals surface area (Å²) in [7, 11) is 0. The molecule has 2 nitrogen and oxygen atoms in total. The van der Waals surface area contributed by atoms with Gasteiger partial charge in [0.25, 0.3) is 0 Å². The van der Waals surface area contributed by atoms with E-state index in [-0.39, 0.29) is 11.6 Å². The quantitative estimate of drug-likeness (QED) is 0.868. The molecule has 1 heterocycles. The molecule has 0 aliphatic heterocycles. The first-order valence-corrected chi connectivity index (χ1v) is 5.61. The second-order valence-corrected chi connectivity index (χ2v) is 4.54. The van der Waals surface area contributed by atoms with Crippen LogP contribution < -0.4 is 5.73 Å². The highest BCUT2D eigenvalue weighted by atomic mass is 79.9. The van der Waals surface area contributed by atoms with Gasteiger partial charge in [-0.1, -0.05) is 27.5 Å². The van der Waals surface area contributed by atoms with Crippen LogP contribution in [0, 0.1) is 5.82 Å². The zero-order valence-corrected chi connectivity index (χ0v) is 10.4. The lowest BCUT2D eigenvalue weighted by Gasteiger charge is -2.05. The van der Waals surface area contributed by atoms with E-state index >= 15 is 0 Å². The number of benzene rings is 1. The second kappa shape index (κ2) is 4.39. The molecule has 0 aliphatic rings. The molecule has 2 aromatic rings. The van der Waals surface area contributed by atoms with Gasteiger partial charge in [0, 0.05) is 21.8 Å². The average molecular weight is 302 g/mol. The van der Waals surface area contributed by atoms with Crippen molar-refractivity contribution in [2.75, 3.05) is 5.73 Å². The molecule has 2 N–H and O–H groups in total. The summed E-state index contributed by atoms with van der Waals surface area (Å²) in [6.45, 7) is 0. The molecule has 0 atom stereocenters. The SMILES string of the molecule is Nc1ncc(-c2cc(Br)ccc2F)cc1Cl. The molecule has 0 amide bonds. The molecule has 82 valence electrons. The average Bonchev–Trinajstić information content (AvgIpc) is 2.26. The minimum atomic E-state index is -0.328. The topological polar surface area (TPSA) is 38.9 Å². The van der Waals surface area contributed by atoms with E-state index in [0.717, 1.165) is 4.47 Å². The largest absolute Gasteiger partial charge is 0.382 e. The third-order valence-electron chi connectivity index (χ3n) is 2.11. The number of nitrogens with zero attached hydrogens (tertiary/aromatic N) is 1. The molecule has 16 heavy (non-hydrogen) atoms. The maximum Gasteiger partial charge on any atom is 0.142 e. The van der Waals surface area contributed by atoms with Gasteiger partial charge < -0.3 is 5.73 Å². The van der Waals surface area contributed by atoms with Gasteiger partial charge in [-0.3, -0.25) is 0 Å². The summed E-state index contributed by atoms with van der Waals surface area (Å²) in [5.74, 6) is -0.0911. The van der Waals surface area contributed by atoms with Gasteiger partial charge in [-0.15, -0.1) is 0 Å². The van der Waals surface area contributed by atoms with E-state index in [4.69, 9.17) is 17.3 Å². The van der Waals surface area contributed by atoms with E-state index in [1.54, 1.807) is 18.2 Å². The van der Waals surface area contributed by atoms with E-state index < -0.39 is 0 Å². The number of hydrogen-bond acceptors (Lipinski definition) is 2. The first kappa shape index (κ1) is 11.4. The summed E-state index contributed by atoms with van der Waals surface area (Å²) in [6, 6.07) is 6.27. The van der Waals surface area contributed by atoms with Crippen molar-refractivity contribution in [3.8, 4) is 11.1 Å². The van der Waals surface area contributed by atoms with Gasteiger partial charge in [0.1, 0.15) is 11.6 Å². The van der Waals surface area contributed by atoms with E-state index in [1.807, 2.05) is 0 Å². The minimum absolute atomic E-state index is 0.237. The Morgan fingerprint density at radius 1 is 1.31 bits per heavy atom. The lowest BCUT2D eigenvalue weighted by atomic mass is 10.1. The van der Waals surface area contributed by atoms with Crippen molar-refractivity contribution >= 4 is 33.3 Å². The van der Waals surface area contributed by atoms with E-state index in [1.165, 1.54) is 12.3 Å². The smallest absolute Gasteiger partial charge is 0.142 e. The van der Waals surface area contributed by atoms with Crippen molar-refractivity contribution in [1.82, 2.24) is 4.98 Å². The molecule has 0 saturated carbocycles. The first-order valence-electron chi connectivity index (χ1n) is 4.44. The Hall–Kier alpha value is -1.13. The van der Waals surface area contributed by atoms with Crippen molar-refractivity contribution in [2.24, 2.45) is 0 Å². The van der Waals surface area contributed by atoms with Gasteiger partial charge in [-0.2, -0.15) is 0 Å². The molecule has 0 spiro atoms. The summed E-state index contributed by atoms with van der Waals surface area (Å²) >= 11 is 9.12. The molecule has 0 bridgehead atoms. The summed E-state index contributed by atoms with van der Waals surface area (Å²) < 4.78 is 14.4. The fourth-order valence-electron chi connectivity index (χ4n) is 1.31. The van der Waals surface area contributed by atoms with Crippen LogP contribution in [0.2, 0.25) is 5.02 Å². The van der Waals surface area contributed by atoms with E-state index in [9.17, 15) is 4.39 Å². The lowest BCUT2D eigenvalue weighted by molar-refractivity contribution is 0.631. The Kier molecular flexibility index (Phi) is 3.12. The van der Waals surface area contributed by atoms with Crippen molar-refractivity contribution in [3.05, 3.63) is 45.8 Å². The maximum atomic E-state index is 13.6. The molecule has 0 saturated heterocycles. The minimum Gasteiger partial charge on any atom is -0.382 e. The number of halogens is 3. The van der Waals surface area contributed by atoms with Gasteiger partial charge in [0.2, 0.25) is 0 Å². The van der Waals surface area contributed by atoms with E-state index in [2.05, 4.69) is 20.9 Å². The normalized spacial score (nSPS) is 10.4. The number of pyridine rings is 1. The molecule has 0 aliphatic carbocycles. The van der Waals surface area contributed by atoms with Crippen molar-refractivity contribution in [2.45, 2.75) is 0 Å². The third kappa shape index (κ3) is 2.18. The van der Waals surface area contributed by atoms with Crippen molar-refractivity contribution < 1.29 is 4.39 Å². The molecule has 1 aromatic heterocycles. The van der Waals surface area contributed by atoms with Gasteiger partial charge in [0.05, 0.1) is 5.02 Å². The fourth-order valence-corrected chi connectivity index (χ4v) is 1.84. The molecular formula is C11H7BrClFN2.